The molecule has 9 nitrogen and oxygen atoms in total. The van der Waals surface area contributed by atoms with Crippen molar-refractivity contribution < 1.29 is 0 Å². The molecule has 14 aromatic carbocycles. The first kappa shape index (κ1) is 92.2. The van der Waals surface area contributed by atoms with Crippen LogP contribution in [0.25, 0.3) is 117 Å². The van der Waals surface area contributed by atoms with Crippen molar-refractivity contribution in [1.29, 1.82) is 0 Å². The molecule has 0 amide bonds. The van der Waals surface area contributed by atoms with E-state index in [1.54, 1.807) is 68.0 Å². The Bertz CT molecular complexity index is 7780. The lowest BCUT2D eigenvalue weighted by atomic mass is 10.00. The first-order valence-corrected chi connectivity index (χ1v) is 48.5. The van der Waals surface area contributed by atoms with E-state index in [0.29, 0.717) is 0 Å². The molecule has 0 aliphatic heterocycles. The zero-order chi connectivity index (χ0) is 92.3. The Morgan fingerprint density at radius 2 is 0.534 bits per heavy atom. The van der Waals surface area contributed by atoms with Crippen molar-refractivity contribution in [2.45, 2.75) is 138 Å². The zero-order valence-corrected chi connectivity index (χ0v) is 82.7. The molecule has 0 radical (unpaired) electrons. The topological polar surface area (TPSA) is 119 Å². The molecular weight excluding hydrogens is 1710 g/mol. The number of rotatable bonds is 4. The van der Waals surface area contributed by atoms with Crippen molar-refractivity contribution in [3.05, 3.63) is 396 Å². The van der Waals surface area contributed by atoms with Gasteiger partial charge in [0.25, 0.3) is 0 Å². The van der Waals surface area contributed by atoms with Crippen molar-refractivity contribution in [3.8, 4) is 80.0 Å². The molecule has 1 N–H and O–H groups in total. The van der Waals surface area contributed by atoms with Crippen LogP contribution in [-0.2, 0) is 0 Å². The van der Waals surface area contributed by atoms with Crippen molar-refractivity contribution in [2.75, 3.05) is 0 Å². The fourth-order valence-corrected chi connectivity index (χ4v) is 20.0. The zero-order valence-electron chi connectivity index (χ0n) is 77.8. The van der Waals surface area contributed by atoms with Crippen molar-refractivity contribution in [1.82, 2.24) is 45.3 Å². The number of H-pyrrole nitrogens is 1. The summed E-state index contributed by atoms with van der Waals surface area (Å²) in [5.41, 5.74) is 42.7. The molecule has 7 aromatic heterocycles. The number of nitrogens with zero attached hydrogens (tertiary/aromatic N) is 8. The van der Waals surface area contributed by atoms with E-state index in [2.05, 4.69) is 424 Å². The van der Waals surface area contributed by atoms with Crippen LogP contribution < -0.4 is 0 Å². The Hall–Kier alpha value is -13.5. The van der Waals surface area contributed by atoms with Crippen LogP contribution in [-0.4, -0.2) is 45.3 Å². The van der Waals surface area contributed by atoms with E-state index in [0.717, 1.165) is 108 Å². The molecule has 648 valence electrons. The highest BCUT2D eigenvalue weighted by Gasteiger charge is 2.14. The predicted molar refractivity (Wildman–Crippen MR) is 565 cm³/mol. The first-order valence-electron chi connectivity index (χ1n) is 43.6. The molecule has 0 atom stereocenters. The summed E-state index contributed by atoms with van der Waals surface area (Å²) in [4.78, 5) is 27.4. The first-order chi connectivity index (χ1) is 63.0. The van der Waals surface area contributed by atoms with Gasteiger partial charge in [-0.25, -0.2) is 29.9 Å². The van der Waals surface area contributed by atoms with Crippen LogP contribution in [0.2, 0.25) is 0 Å². The highest BCUT2D eigenvalue weighted by Crippen LogP contribution is 2.37. The number of hydrogen-bond donors (Lipinski definition) is 1. The second kappa shape index (κ2) is 41.5. The number of fused-ring (bicyclic) bond motifs is 7. The van der Waals surface area contributed by atoms with Crippen LogP contribution >= 0.6 is 68.0 Å². The monoisotopic (exact) mass is 1810 g/mol. The van der Waals surface area contributed by atoms with Crippen molar-refractivity contribution >= 4 is 140 Å². The van der Waals surface area contributed by atoms with E-state index in [4.69, 9.17) is 0 Å². The highest BCUT2D eigenvalue weighted by atomic mass is 32.1. The van der Waals surface area contributed by atoms with Gasteiger partial charge in [-0.3, -0.25) is 0 Å². The lowest BCUT2D eigenvalue weighted by molar-refractivity contribution is 0.959. The molecule has 0 aliphatic rings. The average molecular weight is 1820 g/mol. The molecule has 0 bridgehead atoms. The predicted octanol–water partition coefficient (Wildman–Crippen LogP) is 31.8. The van der Waals surface area contributed by atoms with E-state index in [9.17, 15) is 0 Å². The summed E-state index contributed by atoms with van der Waals surface area (Å²) in [5.74, 6) is 19.3. The number of para-hydroxylation sites is 3. The normalized spacial score (nSPS) is 10.7. The maximum atomic E-state index is 4.66. The molecule has 0 aliphatic carbocycles. The SMILES string of the molecule is Cc1ccc(C#Cc2cccc3n[nH]nc23)cc1C.Cc1nc2c(-c3ccc(C)c(C)c3)cccc2s1.Cc1nc2c(C#Cc3ccc(C)c(C)c3)cccc2s1.Cc1nc2cc(-c3ccc(C)c(C)c3)ccc2s1.Cc1nc2cc(C#Cc3ccc(C)c(C)c3)ccc2s1.Cc1nc2ccc(-c3ccc(C)c(C)c3)cc2s1.Cc1nc2cccc(-c3ccc(C)c(C)c3)c2s1. The molecule has 15 heteroatoms. The van der Waals surface area contributed by atoms with E-state index in [-0.39, 0.29) is 0 Å². The van der Waals surface area contributed by atoms with Crippen LogP contribution in [0.4, 0.5) is 0 Å². The lowest BCUT2D eigenvalue weighted by Gasteiger charge is -2.06. The van der Waals surface area contributed by atoms with Crippen LogP contribution in [0.1, 0.15) is 141 Å². The maximum absolute atomic E-state index is 4.66. The Labute approximate surface area is 793 Å². The van der Waals surface area contributed by atoms with Gasteiger partial charge >= 0.3 is 0 Å². The Morgan fingerprint density at radius 1 is 0.198 bits per heavy atom. The van der Waals surface area contributed by atoms with Gasteiger partial charge in [0, 0.05) is 33.4 Å². The quantitative estimate of drug-likeness (QED) is 0.173. The van der Waals surface area contributed by atoms with Gasteiger partial charge in [-0.1, -0.05) is 175 Å². The van der Waals surface area contributed by atoms with Gasteiger partial charge in [-0.15, -0.1) is 68.0 Å². The summed E-state index contributed by atoms with van der Waals surface area (Å²) in [6.07, 6.45) is 0. The molecule has 131 heavy (non-hydrogen) atoms. The molecule has 0 saturated carbocycles. The average Bonchev–Trinajstić information content (AvgIpc) is 1.68. The lowest BCUT2D eigenvalue weighted by Crippen LogP contribution is -1.85. The summed E-state index contributed by atoms with van der Waals surface area (Å²) in [5, 5.41) is 17.5. The molecule has 0 fully saturated rings. The minimum absolute atomic E-state index is 0.818. The van der Waals surface area contributed by atoms with Crippen LogP contribution in [0.3, 0.4) is 0 Å². The Morgan fingerprint density at radius 3 is 1.07 bits per heavy atom. The molecule has 0 saturated heterocycles. The van der Waals surface area contributed by atoms with Gasteiger partial charge in [-0.05, 0) is 365 Å². The van der Waals surface area contributed by atoms with Crippen molar-refractivity contribution in [2.24, 2.45) is 0 Å². The van der Waals surface area contributed by atoms with E-state index in [1.807, 2.05) is 50.2 Å². The maximum Gasteiger partial charge on any atom is 0.128 e. The van der Waals surface area contributed by atoms with Crippen LogP contribution in [0, 0.1) is 174 Å². The van der Waals surface area contributed by atoms with Crippen LogP contribution in [0.5, 0.6) is 0 Å². The van der Waals surface area contributed by atoms with Gasteiger partial charge < -0.3 is 0 Å². The third kappa shape index (κ3) is 23.0. The van der Waals surface area contributed by atoms with Crippen LogP contribution in [0.15, 0.2) is 255 Å². The number of benzene rings is 14. The van der Waals surface area contributed by atoms with E-state index in [1.165, 1.54) is 151 Å². The second-order valence-electron chi connectivity index (χ2n) is 33.2. The summed E-state index contributed by atoms with van der Waals surface area (Å²) >= 11 is 10.5. The third-order valence-electron chi connectivity index (χ3n) is 23.3. The highest BCUT2D eigenvalue weighted by molar-refractivity contribution is 7.20. The number of aromatic amines is 1. The van der Waals surface area contributed by atoms with Gasteiger partial charge in [0.2, 0.25) is 0 Å². The summed E-state index contributed by atoms with van der Waals surface area (Å²) in [6.45, 7) is 42.2. The van der Waals surface area contributed by atoms with E-state index >= 15 is 0 Å². The Balaban J connectivity index is 0.000000117. The van der Waals surface area contributed by atoms with Gasteiger partial charge in [-0.2, -0.15) is 15.4 Å². The molecule has 21 rings (SSSR count). The van der Waals surface area contributed by atoms with Gasteiger partial charge in [0.1, 0.15) is 11.0 Å². The number of hydrogen-bond acceptors (Lipinski definition) is 14. The largest absolute Gasteiger partial charge is 0.242 e. The number of aryl methyl sites for hydroxylation is 20. The van der Waals surface area contributed by atoms with Gasteiger partial charge in [0.05, 0.1) is 102 Å². The fourth-order valence-electron chi connectivity index (χ4n) is 14.8. The van der Waals surface area contributed by atoms with Crippen molar-refractivity contribution in [3.63, 3.8) is 0 Å². The minimum atomic E-state index is 0.818. The summed E-state index contributed by atoms with van der Waals surface area (Å²) in [7, 11) is 0. The molecule has 0 unspecified atom stereocenters. The molecular formula is C116H103N9S6. The number of thiazole rings is 6. The minimum Gasteiger partial charge on any atom is -0.242 e. The third-order valence-corrected chi connectivity index (χ3v) is 29.0. The molecule has 0 spiro atoms. The smallest absolute Gasteiger partial charge is 0.128 e. The molecule has 7 heterocycles. The Kier molecular flexibility index (Phi) is 29.2. The number of aromatic nitrogens is 9. The summed E-state index contributed by atoms with van der Waals surface area (Å²) < 4.78 is 7.51. The molecule has 21 aromatic rings. The summed E-state index contributed by atoms with van der Waals surface area (Å²) in [6, 6.07) is 89.4. The second-order valence-corrected chi connectivity index (χ2v) is 40.6. The van der Waals surface area contributed by atoms with Gasteiger partial charge in [0.15, 0.2) is 0 Å². The standard InChI is InChI=1S/2C18H15NS.C16H13N3.4C16H15NS/c1-12-4-5-15(10-13(12)2)6-7-16-8-9-18-17(11-16)19-14(3)20-18;1-12-7-8-15(11-13(12)2)9-10-16-5-4-6-17-18(16)19-14(3)20-17;1-11-6-7-13(10-12(11)2)8-9-14-4-3-5-15-16(14)18-19-17-15;1-10-4-5-13(8-11(10)2)14-6-7-16-15(9-14)17-12(3)18-16;1-10-4-5-13(8-11(10)2)14-6-7-15-16(9-14)18-12(3)17-15;1-10-7-8-13(9-11(10)2)14-5-4-6-15-16(14)17-12(3)18-15;1-10-7-8-13(9-11(10)2)14-5-4-6-15-16(14)18-12(3)17-15/h4-5,8-11H,1-3H3;4-8,11H,1-3H3;3-7,10H,1-2H3,(H,17,18,19);4*4-9H,1-3H3. The fraction of sp³-hybridized carbons (Fsp3) is 0.172. The number of nitrogens with one attached hydrogen (secondary N) is 1. The van der Waals surface area contributed by atoms with E-state index < -0.39 is 0 Å².